The smallest absolute Gasteiger partial charge is 0.380 e. The molecule has 0 aliphatic heterocycles. The normalized spacial score (nSPS) is 11.5. The molecule has 2 aromatic rings. The van der Waals surface area contributed by atoms with E-state index < -0.39 is 5.51 Å². The fraction of sp³-hybridized carbons (Fsp3) is 0.200. The Morgan fingerprint density at radius 2 is 1.81 bits per heavy atom. The molecule has 0 bridgehead atoms. The van der Waals surface area contributed by atoms with Crippen molar-refractivity contribution in [2.75, 3.05) is 5.32 Å². The van der Waals surface area contributed by atoms with Gasteiger partial charge >= 0.3 is 5.51 Å². The maximum Gasteiger partial charge on any atom is 0.446 e. The van der Waals surface area contributed by atoms with Crippen LogP contribution in [-0.2, 0) is 6.54 Å². The van der Waals surface area contributed by atoms with E-state index in [0.29, 0.717) is 12.2 Å². The van der Waals surface area contributed by atoms with Crippen LogP contribution >= 0.6 is 11.8 Å². The molecular formula is C15H13F4NS. The van der Waals surface area contributed by atoms with Gasteiger partial charge in [-0.05, 0) is 54.1 Å². The fourth-order valence-electron chi connectivity index (χ4n) is 1.87. The van der Waals surface area contributed by atoms with Crippen molar-refractivity contribution in [1.82, 2.24) is 0 Å². The molecule has 6 heteroatoms. The lowest BCUT2D eigenvalue weighted by atomic mass is 10.1. The summed E-state index contributed by atoms with van der Waals surface area (Å²) < 4.78 is 50.5. The van der Waals surface area contributed by atoms with Crippen LogP contribution in [0.1, 0.15) is 11.1 Å². The lowest BCUT2D eigenvalue weighted by Crippen LogP contribution is -2.05. The van der Waals surface area contributed by atoms with Crippen molar-refractivity contribution in [2.45, 2.75) is 23.9 Å². The number of rotatable bonds is 4. The number of para-hydroxylation sites is 1. The maximum absolute atomic E-state index is 13.0. The molecule has 0 fully saturated rings. The lowest BCUT2D eigenvalue weighted by Gasteiger charge is -2.14. The summed E-state index contributed by atoms with van der Waals surface area (Å²) in [6, 6.07) is 10.6. The summed E-state index contributed by atoms with van der Waals surface area (Å²) in [7, 11) is 0. The fourth-order valence-corrected chi connectivity index (χ4v) is 2.52. The van der Waals surface area contributed by atoms with Crippen LogP contribution in [0.2, 0.25) is 0 Å². The molecule has 0 aromatic heterocycles. The van der Waals surface area contributed by atoms with Crippen LogP contribution in [0.3, 0.4) is 0 Å². The van der Waals surface area contributed by atoms with Crippen molar-refractivity contribution in [3.63, 3.8) is 0 Å². The molecule has 0 amide bonds. The second kappa shape index (κ2) is 6.39. The lowest BCUT2D eigenvalue weighted by molar-refractivity contribution is -0.0327. The Balaban J connectivity index is 2.13. The van der Waals surface area contributed by atoms with E-state index in [4.69, 9.17) is 0 Å². The first-order valence-corrected chi connectivity index (χ1v) is 7.00. The summed E-state index contributed by atoms with van der Waals surface area (Å²) in [6.45, 7) is 2.10. The highest BCUT2D eigenvalue weighted by molar-refractivity contribution is 8.00. The minimum atomic E-state index is -4.33. The third-order valence-electron chi connectivity index (χ3n) is 2.89. The Morgan fingerprint density at radius 3 is 2.48 bits per heavy atom. The Bertz CT molecular complexity index is 625. The summed E-state index contributed by atoms with van der Waals surface area (Å²) in [5, 5.41) is 2.97. The van der Waals surface area contributed by atoms with Crippen molar-refractivity contribution in [1.29, 1.82) is 0 Å². The summed E-state index contributed by atoms with van der Waals surface area (Å²) in [6.07, 6.45) is 0. The van der Waals surface area contributed by atoms with E-state index in [9.17, 15) is 17.6 Å². The van der Waals surface area contributed by atoms with Crippen LogP contribution in [0.4, 0.5) is 23.2 Å². The van der Waals surface area contributed by atoms with Crippen LogP contribution in [0.15, 0.2) is 47.4 Å². The molecule has 112 valence electrons. The molecule has 0 aliphatic carbocycles. The standard InChI is InChI=1S/C15H13F4NS/c1-10-8-12(16)7-6-11(10)9-20-13-4-2-3-5-14(13)21-15(17,18)19/h2-8,20H,9H2,1H3. The van der Waals surface area contributed by atoms with E-state index in [1.807, 2.05) is 0 Å². The van der Waals surface area contributed by atoms with E-state index in [1.54, 1.807) is 31.2 Å². The predicted molar refractivity (Wildman–Crippen MR) is 76.8 cm³/mol. The molecule has 0 spiro atoms. The zero-order valence-corrected chi connectivity index (χ0v) is 12.0. The summed E-state index contributed by atoms with van der Waals surface area (Å²) >= 11 is -0.153. The number of benzene rings is 2. The molecule has 0 aliphatic rings. The molecule has 0 radical (unpaired) electrons. The molecular weight excluding hydrogens is 302 g/mol. The Labute approximate surface area is 124 Å². The van der Waals surface area contributed by atoms with Gasteiger partial charge in [-0.1, -0.05) is 18.2 Å². The van der Waals surface area contributed by atoms with Gasteiger partial charge in [-0.2, -0.15) is 13.2 Å². The van der Waals surface area contributed by atoms with Crippen LogP contribution in [0.5, 0.6) is 0 Å². The second-order valence-electron chi connectivity index (χ2n) is 4.47. The van der Waals surface area contributed by atoms with E-state index in [2.05, 4.69) is 5.32 Å². The Hall–Kier alpha value is -1.69. The Kier molecular flexibility index (Phi) is 4.77. The number of alkyl halides is 3. The van der Waals surface area contributed by atoms with E-state index in [1.165, 1.54) is 18.2 Å². The van der Waals surface area contributed by atoms with Crippen molar-refractivity contribution in [3.8, 4) is 0 Å². The zero-order chi connectivity index (χ0) is 15.5. The monoisotopic (exact) mass is 315 g/mol. The van der Waals surface area contributed by atoms with Gasteiger partial charge < -0.3 is 5.32 Å². The maximum atomic E-state index is 13.0. The number of hydrogen-bond acceptors (Lipinski definition) is 2. The molecule has 2 rings (SSSR count). The number of hydrogen-bond donors (Lipinski definition) is 1. The van der Waals surface area contributed by atoms with Gasteiger partial charge in [0.15, 0.2) is 0 Å². The van der Waals surface area contributed by atoms with Crippen molar-refractivity contribution in [3.05, 3.63) is 59.4 Å². The number of nitrogens with one attached hydrogen (secondary N) is 1. The molecule has 21 heavy (non-hydrogen) atoms. The summed E-state index contributed by atoms with van der Waals surface area (Å²) in [4.78, 5) is 0.116. The van der Waals surface area contributed by atoms with E-state index >= 15 is 0 Å². The summed E-state index contributed by atoms with van der Waals surface area (Å²) in [5.41, 5.74) is -2.33. The minimum Gasteiger partial charge on any atom is -0.380 e. The number of thioether (sulfide) groups is 1. The molecule has 1 nitrogen and oxygen atoms in total. The molecule has 0 saturated carbocycles. The van der Waals surface area contributed by atoms with Gasteiger partial charge in [0.25, 0.3) is 0 Å². The van der Waals surface area contributed by atoms with Crippen LogP contribution < -0.4 is 5.32 Å². The highest BCUT2D eigenvalue weighted by atomic mass is 32.2. The van der Waals surface area contributed by atoms with E-state index in [-0.39, 0.29) is 22.5 Å². The predicted octanol–water partition coefficient (Wildman–Crippen LogP) is 5.36. The average Bonchev–Trinajstić information content (AvgIpc) is 2.37. The largest absolute Gasteiger partial charge is 0.446 e. The molecule has 0 atom stereocenters. The van der Waals surface area contributed by atoms with Gasteiger partial charge in [-0.3, -0.25) is 0 Å². The third-order valence-corrected chi connectivity index (χ3v) is 3.69. The molecule has 0 saturated heterocycles. The van der Waals surface area contributed by atoms with Gasteiger partial charge in [0, 0.05) is 17.1 Å². The van der Waals surface area contributed by atoms with Gasteiger partial charge in [0.1, 0.15) is 5.82 Å². The first-order chi connectivity index (χ1) is 9.85. The minimum absolute atomic E-state index is 0.116. The van der Waals surface area contributed by atoms with Gasteiger partial charge in [0.2, 0.25) is 0 Å². The number of anilines is 1. The highest BCUT2D eigenvalue weighted by Gasteiger charge is 2.30. The SMILES string of the molecule is Cc1cc(F)ccc1CNc1ccccc1SC(F)(F)F. The van der Waals surface area contributed by atoms with Crippen molar-refractivity contribution in [2.24, 2.45) is 0 Å². The first kappa shape index (κ1) is 15.7. The first-order valence-electron chi connectivity index (χ1n) is 6.19. The van der Waals surface area contributed by atoms with Crippen molar-refractivity contribution < 1.29 is 17.6 Å². The van der Waals surface area contributed by atoms with Crippen molar-refractivity contribution >= 4 is 17.4 Å². The number of aryl methyl sites for hydroxylation is 1. The quantitative estimate of drug-likeness (QED) is 0.602. The zero-order valence-electron chi connectivity index (χ0n) is 11.2. The van der Waals surface area contributed by atoms with Gasteiger partial charge in [-0.25, -0.2) is 4.39 Å². The van der Waals surface area contributed by atoms with Crippen LogP contribution in [0.25, 0.3) is 0 Å². The Morgan fingerprint density at radius 1 is 1.10 bits per heavy atom. The highest BCUT2D eigenvalue weighted by Crippen LogP contribution is 2.40. The van der Waals surface area contributed by atoms with Gasteiger partial charge in [0.05, 0.1) is 0 Å². The second-order valence-corrected chi connectivity index (χ2v) is 5.58. The average molecular weight is 315 g/mol. The van der Waals surface area contributed by atoms with E-state index in [0.717, 1.165) is 11.1 Å². The van der Waals surface area contributed by atoms with Crippen LogP contribution in [0, 0.1) is 12.7 Å². The molecule has 1 N–H and O–H groups in total. The van der Waals surface area contributed by atoms with Gasteiger partial charge in [-0.15, -0.1) is 0 Å². The number of halogens is 4. The third kappa shape index (κ3) is 4.67. The molecule has 2 aromatic carbocycles. The summed E-state index contributed by atoms with van der Waals surface area (Å²) in [5.74, 6) is -0.329. The topological polar surface area (TPSA) is 12.0 Å². The van der Waals surface area contributed by atoms with Crippen LogP contribution in [-0.4, -0.2) is 5.51 Å². The molecule has 0 unspecified atom stereocenters. The molecule has 0 heterocycles.